The van der Waals surface area contributed by atoms with Gasteiger partial charge >= 0.3 is 0 Å². The molecule has 3 N–H and O–H groups in total. The predicted octanol–water partition coefficient (Wildman–Crippen LogP) is 16.9. The van der Waals surface area contributed by atoms with Crippen molar-refractivity contribution < 1.29 is 15.0 Å². The van der Waals surface area contributed by atoms with Gasteiger partial charge in [0, 0.05) is 6.42 Å². The molecule has 1 amide bonds. The van der Waals surface area contributed by atoms with E-state index < -0.39 is 12.1 Å². The Morgan fingerprint density at radius 1 is 0.403 bits per heavy atom. The van der Waals surface area contributed by atoms with Crippen LogP contribution in [0.1, 0.15) is 219 Å². The molecule has 4 heteroatoms. The van der Waals surface area contributed by atoms with Crippen LogP contribution in [0.4, 0.5) is 0 Å². The summed E-state index contributed by atoms with van der Waals surface area (Å²) in [4.78, 5) is 12.4. The summed E-state index contributed by atoms with van der Waals surface area (Å²) in [5.41, 5.74) is 0. The lowest BCUT2D eigenvalue weighted by molar-refractivity contribution is -0.123. The molecule has 2 atom stereocenters. The lowest BCUT2D eigenvalue weighted by atomic mass is 10.1. The molecule has 0 aromatic carbocycles. The maximum Gasteiger partial charge on any atom is 0.220 e. The van der Waals surface area contributed by atoms with Crippen LogP contribution in [0, 0.1) is 0 Å². The smallest absolute Gasteiger partial charge is 0.220 e. The van der Waals surface area contributed by atoms with Crippen molar-refractivity contribution in [1.29, 1.82) is 0 Å². The highest BCUT2D eigenvalue weighted by Crippen LogP contribution is 2.13. The van der Waals surface area contributed by atoms with Crippen LogP contribution in [0.3, 0.4) is 0 Å². The highest BCUT2D eigenvalue weighted by atomic mass is 16.3. The minimum atomic E-state index is -0.881. The summed E-state index contributed by atoms with van der Waals surface area (Å²) in [6.45, 7) is 4.17. The first-order valence-electron chi connectivity index (χ1n) is 25.7. The van der Waals surface area contributed by atoms with E-state index in [4.69, 9.17) is 0 Å². The summed E-state index contributed by atoms with van der Waals surface area (Å²) in [5, 5.41) is 23.1. The van der Waals surface area contributed by atoms with Crippen LogP contribution in [-0.4, -0.2) is 34.9 Å². The van der Waals surface area contributed by atoms with Crippen molar-refractivity contribution in [2.24, 2.45) is 0 Å². The maximum atomic E-state index is 12.4. The van der Waals surface area contributed by atoms with Crippen LogP contribution in [0.25, 0.3) is 0 Å². The van der Waals surface area contributed by atoms with E-state index in [2.05, 4.69) is 129 Å². The molecule has 0 fully saturated rings. The maximum absolute atomic E-state index is 12.4. The van der Waals surface area contributed by atoms with Gasteiger partial charge in [0.2, 0.25) is 5.91 Å². The topological polar surface area (TPSA) is 69.6 Å². The molecule has 0 aliphatic heterocycles. The average Bonchev–Trinajstić information content (AvgIpc) is 3.28. The van der Waals surface area contributed by atoms with Crippen LogP contribution < -0.4 is 5.32 Å². The molecule has 0 spiro atoms. The quantitative estimate of drug-likeness (QED) is 0.0422. The second kappa shape index (κ2) is 52.1. The van der Waals surface area contributed by atoms with E-state index in [0.29, 0.717) is 6.42 Å². The number of aliphatic hydroxyl groups is 2. The molecule has 0 aromatic heterocycles. The molecule has 0 saturated heterocycles. The molecule has 0 aliphatic rings. The number of unbranched alkanes of at least 4 members (excludes halogenated alkanes) is 20. The number of hydrogen-bond acceptors (Lipinski definition) is 3. The number of hydrogen-bond donors (Lipinski definition) is 3. The Hall–Kier alpha value is -3.21. The number of carbonyl (C=O) groups excluding carboxylic acids is 1. The van der Waals surface area contributed by atoms with Crippen molar-refractivity contribution in [3.05, 3.63) is 122 Å². The summed E-state index contributed by atoms with van der Waals surface area (Å²) in [6.07, 6.45) is 80.4. The van der Waals surface area contributed by atoms with Crippen LogP contribution in [0.15, 0.2) is 122 Å². The summed E-state index contributed by atoms with van der Waals surface area (Å²) in [7, 11) is 0. The molecule has 0 heterocycles. The SMILES string of the molecule is CC/C=C\C/C=C\C/C=C\C/C=C\C/C=C\C/C=C\C/C=C\CCCCCCCCCCCC(=O)NC(CO)C(O)/C=C/CC/C=C/CC/C=C/CCCCCCCCCCC. The Morgan fingerprint density at radius 2 is 0.726 bits per heavy atom. The van der Waals surface area contributed by atoms with E-state index in [1.54, 1.807) is 6.08 Å². The Labute approximate surface area is 384 Å². The zero-order valence-corrected chi connectivity index (χ0v) is 40.3. The second-order valence-electron chi connectivity index (χ2n) is 16.8. The van der Waals surface area contributed by atoms with Gasteiger partial charge < -0.3 is 15.5 Å². The summed E-state index contributed by atoms with van der Waals surface area (Å²) >= 11 is 0. The van der Waals surface area contributed by atoms with Gasteiger partial charge in [-0.1, -0.05) is 232 Å². The number of rotatable bonds is 45. The number of aliphatic hydroxyl groups excluding tert-OH is 2. The molecular weight excluding hydrogens is 759 g/mol. The third kappa shape index (κ3) is 47.8. The molecule has 4 nitrogen and oxygen atoms in total. The number of nitrogens with one attached hydrogen (secondary N) is 1. The molecule has 62 heavy (non-hydrogen) atoms. The van der Waals surface area contributed by atoms with E-state index >= 15 is 0 Å². The van der Waals surface area contributed by atoms with Gasteiger partial charge in [-0.2, -0.15) is 0 Å². The molecule has 0 rings (SSSR count). The first-order valence-corrected chi connectivity index (χ1v) is 25.7. The van der Waals surface area contributed by atoms with E-state index in [1.807, 2.05) is 6.08 Å². The lowest BCUT2D eigenvalue weighted by Gasteiger charge is -2.19. The monoisotopic (exact) mass is 856 g/mol. The van der Waals surface area contributed by atoms with Gasteiger partial charge in [0.05, 0.1) is 18.8 Å². The fourth-order valence-electron chi connectivity index (χ4n) is 7.01. The number of allylic oxidation sites excluding steroid dienone is 19. The van der Waals surface area contributed by atoms with Gasteiger partial charge in [0.1, 0.15) is 0 Å². The van der Waals surface area contributed by atoms with Crippen molar-refractivity contribution in [1.82, 2.24) is 5.32 Å². The zero-order valence-electron chi connectivity index (χ0n) is 40.3. The van der Waals surface area contributed by atoms with Gasteiger partial charge in [0.15, 0.2) is 0 Å². The van der Waals surface area contributed by atoms with Crippen LogP contribution >= 0.6 is 0 Å². The second-order valence-corrected chi connectivity index (χ2v) is 16.8. The first-order chi connectivity index (χ1) is 30.7. The first kappa shape index (κ1) is 58.8. The van der Waals surface area contributed by atoms with E-state index in [-0.39, 0.29) is 12.5 Å². The zero-order chi connectivity index (χ0) is 44.9. The predicted molar refractivity (Wildman–Crippen MR) is 276 cm³/mol. The van der Waals surface area contributed by atoms with Crippen molar-refractivity contribution in [2.75, 3.05) is 6.61 Å². The van der Waals surface area contributed by atoms with E-state index in [1.165, 1.54) is 109 Å². The summed E-state index contributed by atoms with van der Waals surface area (Å²) in [5.74, 6) is -0.0898. The third-order valence-corrected chi connectivity index (χ3v) is 10.9. The van der Waals surface area contributed by atoms with Crippen molar-refractivity contribution in [2.45, 2.75) is 231 Å². The van der Waals surface area contributed by atoms with Crippen LogP contribution in [0.2, 0.25) is 0 Å². The molecule has 0 radical (unpaired) electrons. The molecule has 2 unspecified atom stereocenters. The Morgan fingerprint density at radius 3 is 1.13 bits per heavy atom. The minimum absolute atomic E-state index is 0.0898. The van der Waals surface area contributed by atoms with E-state index in [0.717, 1.165) is 89.9 Å². The molecule has 0 aliphatic carbocycles. The highest BCUT2D eigenvalue weighted by Gasteiger charge is 2.17. The van der Waals surface area contributed by atoms with Gasteiger partial charge in [-0.25, -0.2) is 0 Å². The van der Waals surface area contributed by atoms with Gasteiger partial charge in [-0.15, -0.1) is 0 Å². The Kier molecular flexibility index (Phi) is 49.4. The summed E-state index contributed by atoms with van der Waals surface area (Å²) in [6, 6.07) is -0.658. The fraction of sp³-hybridized carbons (Fsp3) is 0.638. The Balaban J connectivity index is 3.67. The molecule has 0 saturated carbocycles. The molecule has 0 bridgehead atoms. The number of amides is 1. The summed E-state index contributed by atoms with van der Waals surface area (Å²) < 4.78 is 0. The standard InChI is InChI=1S/C58H97NO3/c1-3-5-7-9-11-13-15-17-19-21-23-24-25-26-27-28-29-30-31-32-33-34-36-38-40-42-44-46-48-50-52-54-58(62)59-56(55-60)57(61)53-51-49-47-45-43-41-39-37-35-22-20-18-16-14-12-10-8-6-4-2/h5,7,11,13,17,19,23-24,26-27,29-30,32-33,35,37,43,45,51,53,56-57,60-61H,3-4,6,8-10,12,14-16,18,20-22,25,28,31,34,36,38-42,44,46-50,52,54-55H2,1-2H3,(H,59,62)/b7-5-,13-11-,19-17-,24-23-,27-26-,30-29-,33-32-,37-35+,45-43+,53-51+. The minimum Gasteiger partial charge on any atom is -0.394 e. The molecule has 0 aromatic rings. The largest absolute Gasteiger partial charge is 0.394 e. The van der Waals surface area contributed by atoms with Gasteiger partial charge in [-0.3, -0.25) is 4.79 Å². The molecular formula is C58H97NO3. The van der Waals surface area contributed by atoms with Crippen LogP contribution in [0.5, 0.6) is 0 Å². The normalized spacial score (nSPS) is 13.9. The van der Waals surface area contributed by atoms with Crippen molar-refractivity contribution in [3.8, 4) is 0 Å². The average molecular weight is 856 g/mol. The van der Waals surface area contributed by atoms with Crippen LogP contribution in [-0.2, 0) is 4.79 Å². The van der Waals surface area contributed by atoms with Gasteiger partial charge in [0.25, 0.3) is 0 Å². The number of carbonyl (C=O) groups is 1. The highest BCUT2D eigenvalue weighted by molar-refractivity contribution is 5.76. The molecule has 352 valence electrons. The third-order valence-electron chi connectivity index (χ3n) is 10.9. The fourth-order valence-corrected chi connectivity index (χ4v) is 7.01. The van der Waals surface area contributed by atoms with Crippen molar-refractivity contribution in [3.63, 3.8) is 0 Å². The van der Waals surface area contributed by atoms with Gasteiger partial charge in [-0.05, 0) is 103 Å². The van der Waals surface area contributed by atoms with Crippen molar-refractivity contribution >= 4 is 5.91 Å². The van der Waals surface area contributed by atoms with E-state index in [9.17, 15) is 15.0 Å². The Bertz CT molecular complexity index is 1240. The lowest BCUT2D eigenvalue weighted by Crippen LogP contribution is -2.45.